The summed E-state index contributed by atoms with van der Waals surface area (Å²) in [4.78, 5) is 21.5. The SMILES string of the molecule is O=c1c2ccccc2c(-c2cccs2)nn1CN1CCC(c2nc3ccccc3s2)CC1. The molecule has 7 heteroatoms. The van der Waals surface area contributed by atoms with Crippen LogP contribution in [0.25, 0.3) is 31.6 Å². The molecule has 5 aromatic rings. The number of thiophene rings is 1. The highest BCUT2D eigenvalue weighted by Crippen LogP contribution is 2.34. The predicted molar refractivity (Wildman–Crippen MR) is 132 cm³/mol. The van der Waals surface area contributed by atoms with Crippen molar-refractivity contribution in [1.82, 2.24) is 19.7 Å². The van der Waals surface area contributed by atoms with Crippen LogP contribution in [0, 0.1) is 0 Å². The molecule has 32 heavy (non-hydrogen) atoms. The van der Waals surface area contributed by atoms with E-state index >= 15 is 0 Å². The molecule has 6 rings (SSSR count). The molecule has 0 amide bonds. The summed E-state index contributed by atoms with van der Waals surface area (Å²) in [5, 5.41) is 9.75. The van der Waals surface area contributed by atoms with Gasteiger partial charge in [0.15, 0.2) is 0 Å². The molecule has 0 bridgehead atoms. The van der Waals surface area contributed by atoms with Gasteiger partial charge in [0.05, 0.1) is 32.2 Å². The number of benzene rings is 2. The van der Waals surface area contributed by atoms with Gasteiger partial charge in [0.2, 0.25) is 0 Å². The minimum atomic E-state index is -0.0193. The van der Waals surface area contributed by atoms with E-state index in [0.29, 0.717) is 12.6 Å². The Kier molecular flexibility index (Phi) is 5.09. The lowest BCUT2D eigenvalue weighted by molar-refractivity contribution is 0.159. The molecule has 5 nitrogen and oxygen atoms in total. The van der Waals surface area contributed by atoms with Crippen LogP contribution in [0.3, 0.4) is 0 Å². The molecule has 0 N–H and O–H groups in total. The van der Waals surface area contributed by atoms with Gasteiger partial charge in [0.25, 0.3) is 5.56 Å². The Morgan fingerprint density at radius 3 is 2.50 bits per heavy atom. The van der Waals surface area contributed by atoms with E-state index in [4.69, 9.17) is 10.1 Å². The highest BCUT2D eigenvalue weighted by Gasteiger charge is 2.24. The Hall–Kier alpha value is -2.87. The normalized spacial score (nSPS) is 15.6. The van der Waals surface area contributed by atoms with Gasteiger partial charge in [-0.15, -0.1) is 22.7 Å². The number of rotatable bonds is 4. The molecule has 1 aliphatic heterocycles. The summed E-state index contributed by atoms with van der Waals surface area (Å²) in [7, 11) is 0. The molecule has 0 atom stereocenters. The first-order chi connectivity index (χ1) is 15.8. The standard InChI is InChI=1S/C25H22N4OS2/c30-25-19-7-2-1-6-18(19)23(22-10-5-15-31-22)27-29(25)16-28-13-11-17(12-14-28)24-26-20-8-3-4-9-21(20)32-24/h1-10,15,17H,11-14,16H2. The molecule has 0 saturated carbocycles. The van der Waals surface area contributed by atoms with Crippen LogP contribution in [0.1, 0.15) is 23.8 Å². The van der Waals surface area contributed by atoms with E-state index in [-0.39, 0.29) is 5.56 Å². The van der Waals surface area contributed by atoms with Gasteiger partial charge in [0, 0.05) is 24.4 Å². The number of piperidine rings is 1. The minimum absolute atomic E-state index is 0.0193. The van der Waals surface area contributed by atoms with Crippen molar-refractivity contribution in [3.8, 4) is 10.6 Å². The van der Waals surface area contributed by atoms with Gasteiger partial charge in [0.1, 0.15) is 5.69 Å². The molecule has 0 aliphatic carbocycles. The summed E-state index contributed by atoms with van der Waals surface area (Å²) in [5.41, 5.74) is 1.97. The first kappa shape index (κ1) is 19.8. The number of fused-ring (bicyclic) bond motifs is 2. The third kappa shape index (κ3) is 3.56. The molecule has 2 aromatic carbocycles. The monoisotopic (exact) mass is 458 g/mol. The van der Waals surface area contributed by atoms with Crippen molar-refractivity contribution < 1.29 is 0 Å². The quantitative estimate of drug-likeness (QED) is 0.353. The summed E-state index contributed by atoms with van der Waals surface area (Å²) >= 11 is 3.47. The highest BCUT2D eigenvalue weighted by molar-refractivity contribution is 7.18. The van der Waals surface area contributed by atoms with Gasteiger partial charge in [-0.2, -0.15) is 5.10 Å². The third-order valence-electron chi connectivity index (χ3n) is 6.20. The molecule has 0 spiro atoms. The first-order valence-electron chi connectivity index (χ1n) is 10.9. The average Bonchev–Trinajstić information content (AvgIpc) is 3.52. The summed E-state index contributed by atoms with van der Waals surface area (Å²) in [6, 6.07) is 20.3. The number of aromatic nitrogens is 3. The second kappa shape index (κ2) is 8.24. The van der Waals surface area contributed by atoms with Gasteiger partial charge >= 0.3 is 0 Å². The average molecular weight is 459 g/mol. The Morgan fingerprint density at radius 2 is 1.72 bits per heavy atom. The zero-order valence-corrected chi connectivity index (χ0v) is 19.1. The van der Waals surface area contributed by atoms with Gasteiger partial charge in [-0.25, -0.2) is 9.67 Å². The molecule has 1 saturated heterocycles. The maximum atomic E-state index is 13.2. The number of hydrogen-bond acceptors (Lipinski definition) is 6. The molecule has 0 unspecified atom stereocenters. The Labute approximate surface area is 193 Å². The fraction of sp³-hybridized carbons (Fsp3) is 0.240. The fourth-order valence-electron chi connectivity index (χ4n) is 4.50. The molecule has 4 heterocycles. The van der Waals surface area contributed by atoms with Crippen LogP contribution in [0.4, 0.5) is 0 Å². The summed E-state index contributed by atoms with van der Waals surface area (Å²) in [6.07, 6.45) is 2.11. The molecule has 1 fully saturated rings. The fourth-order valence-corrected chi connectivity index (χ4v) is 6.36. The first-order valence-corrected chi connectivity index (χ1v) is 12.6. The minimum Gasteiger partial charge on any atom is -0.284 e. The van der Waals surface area contributed by atoms with Crippen LogP contribution in [0.2, 0.25) is 0 Å². The van der Waals surface area contributed by atoms with Crippen LogP contribution in [-0.4, -0.2) is 32.8 Å². The lowest BCUT2D eigenvalue weighted by atomic mass is 9.98. The molecule has 160 valence electrons. The number of nitrogens with zero attached hydrogens (tertiary/aromatic N) is 4. The summed E-state index contributed by atoms with van der Waals surface area (Å²) in [6.45, 7) is 2.40. The van der Waals surface area contributed by atoms with E-state index in [1.165, 1.54) is 9.71 Å². The number of hydrogen-bond donors (Lipinski definition) is 0. The van der Waals surface area contributed by atoms with Crippen molar-refractivity contribution in [1.29, 1.82) is 0 Å². The van der Waals surface area contributed by atoms with Gasteiger partial charge < -0.3 is 0 Å². The van der Waals surface area contributed by atoms with Crippen molar-refractivity contribution in [2.75, 3.05) is 13.1 Å². The third-order valence-corrected chi connectivity index (χ3v) is 8.28. The lowest BCUT2D eigenvalue weighted by Crippen LogP contribution is -2.38. The zero-order chi connectivity index (χ0) is 21.5. The molecular weight excluding hydrogens is 436 g/mol. The zero-order valence-electron chi connectivity index (χ0n) is 17.5. The van der Waals surface area contributed by atoms with E-state index in [9.17, 15) is 4.79 Å². The molecule has 0 radical (unpaired) electrons. The van der Waals surface area contributed by atoms with Gasteiger partial charge in [-0.3, -0.25) is 9.69 Å². The van der Waals surface area contributed by atoms with Crippen molar-refractivity contribution in [2.24, 2.45) is 0 Å². The predicted octanol–water partition coefficient (Wildman–Crippen LogP) is 5.57. The Balaban J connectivity index is 1.25. The van der Waals surface area contributed by atoms with Crippen LogP contribution < -0.4 is 5.56 Å². The topological polar surface area (TPSA) is 51.0 Å². The maximum absolute atomic E-state index is 13.2. The summed E-state index contributed by atoms with van der Waals surface area (Å²) in [5.74, 6) is 0.492. The van der Waals surface area contributed by atoms with E-state index in [0.717, 1.165) is 52.8 Å². The summed E-state index contributed by atoms with van der Waals surface area (Å²) < 4.78 is 2.91. The van der Waals surface area contributed by atoms with Crippen LogP contribution in [0.5, 0.6) is 0 Å². The van der Waals surface area contributed by atoms with Crippen molar-refractivity contribution in [3.63, 3.8) is 0 Å². The second-order valence-corrected chi connectivity index (χ2v) is 10.2. The van der Waals surface area contributed by atoms with Crippen LogP contribution >= 0.6 is 22.7 Å². The van der Waals surface area contributed by atoms with Crippen molar-refractivity contribution >= 4 is 43.7 Å². The highest BCUT2D eigenvalue weighted by atomic mass is 32.1. The lowest BCUT2D eigenvalue weighted by Gasteiger charge is -2.31. The van der Waals surface area contributed by atoms with E-state index in [2.05, 4.69) is 29.2 Å². The van der Waals surface area contributed by atoms with Crippen molar-refractivity contribution in [2.45, 2.75) is 25.4 Å². The van der Waals surface area contributed by atoms with Gasteiger partial charge in [-0.1, -0.05) is 36.4 Å². The van der Waals surface area contributed by atoms with Crippen molar-refractivity contribution in [3.05, 3.63) is 81.4 Å². The van der Waals surface area contributed by atoms with Gasteiger partial charge in [-0.05, 0) is 42.5 Å². The Bertz CT molecular complexity index is 1410. The Morgan fingerprint density at radius 1 is 0.938 bits per heavy atom. The maximum Gasteiger partial charge on any atom is 0.275 e. The molecule has 3 aromatic heterocycles. The number of para-hydroxylation sites is 1. The largest absolute Gasteiger partial charge is 0.284 e. The van der Waals surface area contributed by atoms with Crippen LogP contribution in [0.15, 0.2) is 70.8 Å². The van der Waals surface area contributed by atoms with E-state index < -0.39 is 0 Å². The smallest absolute Gasteiger partial charge is 0.275 e. The molecular formula is C25H22N4OS2. The van der Waals surface area contributed by atoms with E-state index in [1.54, 1.807) is 16.0 Å². The van der Waals surface area contributed by atoms with E-state index in [1.807, 2.05) is 53.1 Å². The number of likely N-dealkylation sites (tertiary alicyclic amines) is 1. The second-order valence-electron chi connectivity index (χ2n) is 8.23. The number of thiazole rings is 1. The van der Waals surface area contributed by atoms with Crippen LogP contribution in [-0.2, 0) is 6.67 Å². The molecule has 1 aliphatic rings.